The van der Waals surface area contributed by atoms with Crippen LogP contribution in [0.25, 0.3) is 10.9 Å². The van der Waals surface area contributed by atoms with Crippen molar-refractivity contribution >= 4 is 16.8 Å². The molecule has 5 heteroatoms. The van der Waals surface area contributed by atoms with E-state index in [0.29, 0.717) is 11.3 Å². The molecule has 0 spiro atoms. The summed E-state index contributed by atoms with van der Waals surface area (Å²) in [6.45, 7) is -0.212. The SMILES string of the molecule is NC(=O)COc1cccc2ccc(=O)[nH]c12. The van der Waals surface area contributed by atoms with Gasteiger partial charge < -0.3 is 15.5 Å². The zero-order valence-electron chi connectivity index (χ0n) is 8.40. The quantitative estimate of drug-likeness (QED) is 0.781. The maximum absolute atomic E-state index is 11.2. The molecule has 0 aliphatic heterocycles. The van der Waals surface area contributed by atoms with Crippen LogP contribution in [-0.4, -0.2) is 17.5 Å². The lowest BCUT2D eigenvalue weighted by Crippen LogP contribution is -2.20. The van der Waals surface area contributed by atoms with E-state index < -0.39 is 5.91 Å². The molecule has 16 heavy (non-hydrogen) atoms. The van der Waals surface area contributed by atoms with E-state index in [9.17, 15) is 9.59 Å². The Labute approximate surface area is 90.8 Å². The summed E-state index contributed by atoms with van der Waals surface area (Å²) in [5.74, 6) is -0.121. The molecule has 0 saturated carbocycles. The third-order valence-electron chi connectivity index (χ3n) is 2.09. The van der Waals surface area contributed by atoms with Gasteiger partial charge in [0, 0.05) is 11.5 Å². The number of H-pyrrole nitrogens is 1. The summed E-state index contributed by atoms with van der Waals surface area (Å²) in [6.07, 6.45) is 0. The lowest BCUT2D eigenvalue weighted by atomic mass is 10.2. The van der Waals surface area contributed by atoms with Gasteiger partial charge in [0.25, 0.3) is 5.91 Å². The Balaban J connectivity index is 2.47. The smallest absolute Gasteiger partial charge is 0.255 e. The maximum Gasteiger partial charge on any atom is 0.255 e. The number of benzene rings is 1. The van der Waals surface area contributed by atoms with Gasteiger partial charge in [0.15, 0.2) is 6.61 Å². The molecule has 0 fully saturated rings. The number of carbonyl (C=O) groups is 1. The number of carbonyl (C=O) groups excluding carboxylic acids is 1. The number of primary amides is 1. The van der Waals surface area contributed by atoms with Crippen molar-refractivity contribution in [3.8, 4) is 5.75 Å². The first-order chi connectivity index (χ1) is 7.66. The van der Waals surface area contributed by atoms with Crippen LogP contribution in [0.1, 0.15) is 0 Å². The second-order valence-electron chi connectivity index (χ2n) is 3.30. The number of para-hydroxylation sites is 1. The van der Waals surface area contributed by atoms with Gasteiger partial charge in [-0.05, 0) is 12.1 Å². The number of hydrogen-bond acceptors (Lipinski definition) is 3. The second-order valence-corrected chi connectivity index (χ2v) is 3.30. The van der Waals surface area contributed by atoms with E-state index in [1.165, 1.54) is 6.07 Å². The number of rotatable bonds is 3. The number of nitrogens with one attached hydrogen (secondary N) is 1. The summed E-state index contributed by atoms with van der Waals surface area (Å²) in [7, 11) is 0. The summed E-state index contributed by atoms with van der Waals surface area (Å²) in [5.41, 5.74) is 5.32. The molecule has 3 N–H and O–H groups in total. The predicted molar refractivity (Wildman–Crippen MR) is 59.3 cm³/mol. The number of aromatic amines is 1. The van der Waals surface area contributed by atoms with E-state index in [0.717, 1.165) is 5.39 Å². The summed E-state index contributed by atoms with van der Waals surface area (Å²) in [4.78, 5) is 24.4. The molecule has 2 rings (SSSR count). The van der Waals surface area contributed by atoms with Crippen molar-refractivity contribution in [3.63, 3.8) is 0 Å². The van der Waals surface area contributed by atoms with Crippen LogP contribution < -0.4 is 16.0 Å². The Kier molecular flexibility index (Phi) is 2.59. The van der Waals surface area contributed by atoms with Gasteiger partial charge in [0.1, 0.15) is 5.75 Å². The highest BCUT2D eigenvalue weighted by Crippen LogP contribution is 2.21. The molecular formula is C11H10N2O3. The summed E-state index contributed by atoms with van der Waals surface area (Å²) >= 11 is 0. The van der Waals surface area contributed by atoms with Crippen molar-refractivity contribution in [2.45, 2.75) is 0 Å². The fourth-order valence-electron chi connectivity index (χ4n) is 1.42. The lowest BCUT2D eigenvalue weighted by Gasteiger charge is -2.06. The van der Waals surface area contributed by atoms with E-state index in [1.54, 1.807) is 18.2 Å². The van der Waals surface area contributed by atoms with Gasteiger partial charge in [0.2, 0.25) is 5.56 Å². The minimum atomic E-state index is -0.560. The number of amides is 1. The molecule has 5 nitrogen and oxygen atoms in total. The molecule has 1 aromatic carbocycles. The van der Waals surface area contributed by atoms with Crippen LogP contribution in [0.4, 0.5) is 0 Å². The molecule has 1 aromatic heterocycles. The third-order valence-corrected chi connectivity index (χ3v) is 2.09. The fourth-order valence-corrected chi connectivity index (χ4v) is 1.42. The molecule has 0 bridgehead atoms. The molecule has 0 aliphatic carbocycles. The maximum atomic E-state index is 11.2. The molecule has 0 radical (unpaired) electrons. The number of hydrogen-bond donors (Lipinski definition) is 2. The van der Waals surface area contributed by atoms with E-state index in [2.05, 4.69) is 4.98 Å². The normalized spacial score (nSPS) is 10.2. The van der Waals surface area contributed by atoms with Crippen molar-refractivity contribution in [3.05, 3.63) is 40.7 Å². The van der Waals surface area contributed by atoms with Gasteiger partial charge in [-0.1, -0.05) is 12.1 Å². The van der Waals surface area contributed by atoms with Crippen molar-refractivity contribution in [2.75, 3.05) is 6.61 Å². The van der Waals surface area contributed by atoms with E-state index in [4.69, 9.17) is 10.5 Å². The number of pyridine rings is 1. The zero-order valence-corrected chi connectivity index (χ0v) is 8.40. The zero-order chi connectivity index (χ0) is 11.5. The second kappa shape index (κ2) is 4.06. The largest absolute Gasteiger partial charge is 0.482 e. The molecule has 0 unspecified atom stereocenters. The van der Waals surface area contributed by atoms with Crippen LogP contribution in [-0.2, 0) is 4.79 Å². The first kappa shape index (κ1) is 10.2. The molecular weight excluding hydrogens is 208 g/mol. The monoisotopic (exact) mass is 218 g/mol. The van der Waals surface area contributed by atoms with Crippen molar-refractivity contribution < 1.29 is 9.53 Å². The summed E-state index contributed by atoms with van der Waals surface area (Å²) < 4.78 is 5.19. The van der Waals surface area contributed by atoms with E-state index in [-0.39, 0.29) is 12.2 Å². The highest BCUT2D eigenvalue weighted by molar-refractivity contribution is 5.84. The molecule has 0 saturated heterocycles. The lowest BCUT2D eigenvalue weighted by molar-refractivity contribution is -0.119. The Morgan fingerprint density at radius 2 is 2.12 bits per heavy atom. The number of ether oxygens (including phenoxy) is 1. The van der Waals surface area contributed by atoms with Crippen LogP contribution in [0.2, 0.25) is 0 Å². The van der Waals surface area contributed by atoms with Crippen molar-refractivity contribution in [1.29, 1.82) is 0 Å². The minimum absolute atomic E-state index is 0.212. The standard InChI is InChI=1S/C11H10N2O3/c12-9(14)6-16-8-3-1-2-7-4-5-10(15)13-11(7)8/h1-5H,6H2,(H2,12,14)(H,13,15). The first-order valence-corrected chi connectivity index (χ1v) is 4.70. The molecule has 0 atom stereocenters. The Morgan fingerprint density at radius 3 is 2.88 bits per heavy atom. The summed E-state index contributed by atoms with van der Waals surface area (Å²) in [6, 6.07) is 8.39. The van der Waals surface area contributed by atoms with Crippen LogP contribution in [0.15, 0.2) is 35.1 Å². The number of aromatic nitrogens is 1. The Morgan fingerprint density at radius 1 is 1.31 bits per heavy atom. The van der Waals surface area contributed by atoms with Gasteiger partial charge in [-0.3, -0.25) is 9.59 Å². The van der Waals surface area contributed by atoms with Crippen LogP contribution in [0.3, 0.4) is 0 Å². The summed E-state index contributed by atoms with van der Waals surface area (Å²) in [5, 5.41) is 0.835. The van der Waals surface area contributed by atoms with Gasteiger partial charge in [0.05, 0.1) is 5.52 Å². The average Bonchev–Trinajstić information content (AvgIpc) is 2.26. The van der Waals surface area contributed by atoms with Gasteiger partial charge in [-0.15, -0.1) is 0 Å². The Bertz CT molecular complexity index is 589. The van der Waals surface area contributed by atoms with Gasteiger partial charge >= 0.3 is 0 Å². The number of fused-ring (bicyclic) bond motifs is 1. The molecule has 0 aliphatic rings. The van der Waals surface area contributed by atoms with E-state index in [1.807, 2.05) is 6.07 Å². The average molecular weight is 218 g/mol. The Hall–Kier alpha value is -2.30. The third kappa shape index (κ3) is 2.03. The van der Waals surface area contributed by atoms with Crippen molar-refractivity contribution in [2.24, 2.45) is 5.73 Å². The molecule has 2 aromatic rings. The van der Waals surface area contributed by atoms with Gasteiger partial charge in [-0.25, -0.2) is 0 Å². The topological polar surface area (TPSA) is 85.2 Å². The first-order valence-electron chi connectivity index (χ1n) is 4.70. The van der Waals surface area contributed by atoms with Crippen LogP contribution in [0, 0.1) is 0 Å². The molecule has 1 heterocycles. The predicted octanol–water partition coefficient (Wildman–Crippen LogP) is 0.392. The van der Waals surface area contributed by atoms with Crippen LogP contribution >= 0.6 is 0 Å². The molecule has 1 amide bonds. The highest BCUT2D eigenvalue weighted by atomic mass is 16.5. The van der Waals surface area contributed by atoms with Crippen molar-refractivity contribution in [1.82, 2.24) is 4.98 Å². The van der Waals surface area contributed by atoms with E-state index >= 15 is 0 Å². The molecule has 82 valence electrons. The fraction of sp³-hybridized carbons (Fsp3) is 0.0909. The van der Waals surface area contributed by atoms with Crippen LogP contribution in [0.5, 0.6) is 5.75 Å². The van der Waals surface area contributed by atoms with Gasteiger partial charge in [-0.2, -0.15) is 0 Å². The minimum Gasteiger partial charge on any atom is -0.482 e. The highest BCUT2D eigenvalue weighted by Gasteiger charge is 2.03. The number of nitrogens with two attached hydrogens (primary N) is 1.